The molecule has 0 aromatic heterocycles. The van der Waals surface area contributed by atoms with Crippen LogP contribution in [0.2, 0.25) is 0 Å². The molecule has 1 aliphatic heterocycles. The second-order valence-corrected chi connectivity index (χ2v) is 6.93. The summed E-state index contributed by atoms with van der Waals surface area (Å²) >= 11 is 0. The first-order valence-corrected chi connectivity index (χ1v) is 8.04. The Morgan fingerprint density at radius 3 is 2.50 bits per heavy atom. The first kappa shape index (κ1) is 15.3. The summed E-state index contributed by atoms with van der Waals surface area (Å²) in [5.74, 6) is 1.63. The van der Waals surface area contributed by atoms with Crippen LogP contribution in [0.4, 0.5) is 0 Å². The maximum absolute atomic E-state index is 12.6. The molecule has 1 aliphatic carbocycles. The van der Waals surface area contributed by atoms with Crippen molar-refractivity contribution in [2.45, 2.75) is 65.5 Å². The number of carbonyl (C=O) groups is 2. The van der Waals surface area contributed by atoms with Crippen molar-refractivity contribution >= 4 is 11.8 Å². The lowest BCUT2D eigenvalue weighted by atomic mass is 9.94. The van der Waals surface area contributed by atoms with Gasteiger partial charge in [0.1, 0.15) is 12.1 Å². The zero-order valence-electron chi connectivity index (χ0n) is 13.2. The molecule has 4 heteroatoms. The van der Waals surface area contributed by atoms with Gasteiger partial charge in [-0.25, -0.2) is 0 Å². The summed E-state index contributed by atoms with van der Waals surface area (Å²) in [4.78, 5) is 26.8. The molecule has 4 nitrogen and oxygen atoms in total. The lowest BCUT2D eigenvalue weighted by molar-refractivity contribution is -0.152. The molecule has 1 N–H and O–H groups in total. The van der Waals surface area contributed by atoms with E-state index >= 15 is 0 Å². The van der Waals surface area contributed by atoms with Crippen LogP contribution in [-0.2, 0) is 9.59 Å². The number of amides is 2. The van der Waals surface area contributed by atoms with Crippen LogP contribution in [0.5, 0.6) is 0 Å². The molecule has 20 heavy (non-hydrogen) atoms. The molecular formula is C16H28N2O2. The second kappa shape index (κ2) is 6.15. The Labute approximate surface area is 122 Å². The van der Waals surface area contributed by atoms with Crippen LogP contribution in [0.3, 0.4) is 0 Å². The maximum Gasteiger partial charge on any atom is 0.245 e. The molecule has 0 aromatic carbocycles. The first-order chi connectivity index (χ1) is 9.43. The van der Waals surface area contributed by atoms with Crippen LogP contribution in [0.1, 0.15) is 53.4 Å². The SMILES string of the molecule is CCC1NC(=O)C(C(C)C)N(CC2CCC(C)C2)C1=O. The van der Waals surface area contributed by atoms with Gasteiger partial charge >= 0.3 is 0 Å². The highest BCUT2D eigenvalue weighted by molar-refractivity contribution is 5.97. The van der Waals surface area contributed by atoms with Gasteiger partial charge < -0.3 is 10.2 Å². The van der Waals surface area contributed by atoms with Crippen LogP contribution >= 0.6 is 0 Å². The van der Waals surface area contributed by atoms with Crippen molar-refractivity contribution in [3.63, 3.8) is 0 Å². The van der Waals surface area contributed by atoms with E-state index in [2.05, 4.69) is 12.2 Å². The molecule has 2 amide bonds. The molecule has 1 heterocycles. The number of hydrogen-bond acceptors (Lipinski definition) is 2. The Balaban J connectivity index is 2.14. The molecule has 0 spiro atoms. The maximum atomic E-state index is 12.6. The van der Waals surface area contributed by atoms with Gasteiger partial charge in [-0.2, -0.15) is 0 Å². The minimum Gasteiger partial charge on any atom is -0.343 e. The standard InChI is InChI=1S/C16H28N2O2/c1-5-13-16(20)18(9-12-7-6-11(4)8-12)14(10(2)3)15(19)17-13/h10-14H,5-9H2,1-4H3,(H,17,19). The average molecular weight is 280 g/mol. The molecule has 0 radical (unpaired) electrons. The van der Waals surface area contributed by atoms with Gasteiger partial charge in [0.25, 0.3) is 0 Å². The number of nitrogens with zero attached hydrogens (tertiary/aromatic N) is 1. The van der Waals surface area contributed by atoms with E-state index in [4.69, 9.17) is 0 Å². The van der Waals surface area contributed by atoms with Gasteiger partial charge in [0, 0.05) is 6.54 Å². The van der Waals surface area contributed by atoms with E-state index in [1.165, 1.54) is 19.3 Å². The topological polar surface area (TPSA) is 49.4 Å². The van der Waals surface area contributed by atoms with Crippen molar-refractivity contribution in [3.05, 3.63) is 0 Å². The van der Waals surface area contributed by atoms with E-state index in [-0.39, 0.29) is 29.8 Å². The molecule has 4 atom stereocenters. The van der Waals surface area contributed by atoms with Crippen LogP contribution in [0.25, 0.3) is 0 Å². The zero-order chi connectivity index (χ0) is 14.9. The van der Waals surface area contributed by atoms with Crippen LogP contribution < -0.4 is 5.32 Å². The van der Waals surface area contributed by atoms with Gasteiger partial charge in [-0.3, -0.25) is 9.59 Å². The Morgan fingerprint density at radius 1 is 1.30 bits per heavy atom. The summed E-state index contributed by atoms with van der Waals surface area (Å²) in [5.41, 5.74) is 0. The highest BCUT2D eigenvalue weighted by atomic mass is 16.2. The molecular weight excluding hydrogens is 252 g/mol. The van der Waals surface area contributed by atoms with Gasteiger partial charge in [-0.05, 0) is 37.0 Å². The smallest absolute Gasteiger partial charge is 0.245 e. The van der Waals surface area contributed by atoms with Gasteiger partial charge in [0.15, 0.2) is 0 Å². The van der Waals surface area contributed by atoms with Crippen LogP contribution in [-0.4, -0.2) is 35.3 Å². The Hall–Kier alpha value is -1.06. The lowest BCUT2D eigenvalue weighted by Crippen LogP contribution is -2.65. The Morgan fingerprint density at radius 2 is 2.00 bits per heavy atom. The molecule has 1 saturated carbocycles. The number of nitrogens with one attached hydrogen (secondary N) is 1. The summed E-state index contributed by atoms with van der Waals surface area (Å²) in [6, 6.07) is -0.613. The zero-order valence-corrected chi connectivity index (χ0v) is 13.2. The Kier molecular flexibility index (Phi) is 4.71. The van der Waals surface area contributed by atoms with E-state index in [0.29, 0.717) is 12.3 Å². The molecule has 4 unspecified atom stereocenters. The highest BCUT2D eigenvalue weighted by Crippen LogP contribution is 2.32. The predicted octanol–water partition coefficient (Wildman–Crippen LogP) is 2.18. The van der Waals surface area contributed by atoms with Crippen molar-refractivity contribution in [2.75, 3.05) is 6.54 Å². The molecule has 2 fully saturated rings. The number of piperazine rings is 1. The second-order valence-electron chi connectivity index (χ2n) is 6.93. The monoisotopic (exact) mass is 280 g/mol. The van der Waals surface area contributed by atoms with E-state index in [1.54, 1.807) is 0 Å². The van der Waals surface area contributed by atoms with Crippen molar-refractivity contribution in [3.8, 4) is 0 Å². The summed E-state index contributed by atoms with van der Waals surface area (Å²) < 4.78 is 0. The van der Waals surface area contributed by atoms with E-state index in [9.17, 15) is 9.59 Å². The predicted molar refractivity (Wildman–Crippen MR) is 79.1 cm³/mol. The Bertz CT molecular complexity index is 381. The van der Waals surface area contributed by atoms with Crippen molar-refractivity contribution < 1.29 is 9.59 Å². The fourth-order valence-electron chi connectivity index (χ4n) is 3.71. The number of carbonyl (C=O) groups excluding carboxylic acids is 2. The third kappa shape index (κ3) is 2.99. The van der Waals surface area contributed by atoms with Gasteiger partial charge in [-0.15, -0.1) is 0 Å². The quantitative estimate of drug-likeness (QED) is 0.858. The van der Waals surface area contributed by atoms with E-state index in [0.717, 1.165) is 12.5 Å². The third-order valence-electron chi connectivity index (χ3n) is 4.80. The van der Waals surface area contributed by atoms with E-state index < -0.39 is 0 Å². The van der Waals surface area contributed by atoms with Gasteiger partial charge in [-0.1, -0.05) is 34.1 Å². The average Bonchev–Trinajstić information content (AvgIpc) is 2.78. The van der Waals surface area contributed by atoms with Crippen molar-refractivity contribution in [1.29, 1.82) is 0 Å². The van der Waals surface area contributed by atoms with Crippen LogP contribution in [0, 0.1) is 17.8 Å². The van der Waals surface area contributed by atoms with E-state index in [1.807, 2.05) is 25.7 Å². The molecule has 1 saturated heterocycles. The summed E-state index contributed by atoms with van der Waals surface area (Å²) in [7, 11) is 0. The molecule has 0 bridgehead atoms. The summed E-state index contributed by atoms with van der Waals surface area (Å²) in [6.07, 6.45) is 4.30. The normalized spacial score (nSPS) is 34.8. The summed E-state index contributed by atoms with van der Waals surface area (Å²) in [5, 5.41) is 2.88. The lowest BCUT2D eigenvalue weighted by Gasteiger charge is -2.41. The van der Waals surface area contributed by atoms with Gasteiger partial charge in [0.2, 0.25) is 11.8 Å². The van der Waals surface area contributed by atoms with Gasteiger partial charge in [0.05, 0.1) is 0 Å². The fourth-order valence-corrected chi connectivity index (χ4v) is 3.71. The largest absolute Gasteiger partial charge is 0.343 e. The fraction of sp³-hybridized carbons (Fsp3) is 0.875. The van der Waals surface area contributed by atoms with Crippen molar-refractivity contribution in [1.82, 2.24) is 10.2 Å². The van der Waals surface area contributed by atoms with Crippen molar-refractivity contribution in [2.24, 2.45) is 17.8 Å². The third-order valence-corrected chi connectivity index (χ3v) is 4.80. The molecule has 114 valence electrons. The molecule has 0 aromatic rings. The van der Waals surface area contributed by atoms with Crippen LogP contribution in [0.15, 0.2) is 0 Å². The number of rotatable bonds is 4. The molecule has 2 rings (SSSR count). The first-order valence-electron chi connectivity index (χ1n) is 8.04. The minimum atomic E-state index is -0.323. The minimum absolute atomic E-state index is 0.0255. The number of hydrogen-bond donors (Lipinski definition) is 1. The summed E-state index contributed by atoms with van der Waals surface area (Å²) in [6.45, 7) is 9.03. The highest BCUT2D eigenvalue weighted by Gasteiger charge is 2.42. The molecule has 2 aliphatic rings.